The first-order valence-electron chi connectivity index (χ1n) is 8.65. The van der Waals surface area contributed by atoms with Crippen LogP contribution in [0.5, 0.6) is 0 Å². The number of hydrogen-bond donors (Lipinski definition) is 4. The fraction of sp³-hybridized carbons (Fsp3) is 0.250. The van der Waals surface area contributed by atoms with E-state index in [2.05, 4.69) is 16.0 Å². The summed E-state index contributed by atoms with van der Waals surface area (Å²) >= 11 is 5.85. The third-order valence-corrected chi connectivity index (χ3v) is 4.31. The van der Waals surface area contributed by atoms with Gasteiger partial charge < -0.3 is 21.7 Å². The summed E-state index contributed by atoms with van der Waals surface area (Å²) in [5, 5.41) is 8.52. The molecule has 2 aromatic rings. The highest BCUT2D eigenvalue weighted by atomic mass is 35.5. The van der Waals surface area contributed by atoms with E-state index in [4.69, 9.17) is 17.3 Å². The summed E-state index contributed by atoms with van der Waals surface area (Å²) in [5.74, 6) is -1.39. The minimum atomic E-state index is -0.659. The third-order valence-electron chi connectivity index (χ3n) is 4.07. The van der Waals surface area contributed by atoms with Crippen molar-refractivity contribution in [2.24, 2.45) is 5.73 Å². The number of anilines is 2. The van der Waals surface area contributed by atoms with Crippen molar-refractivity contribution >= 4 is 40.7 Å². The van der Waals surface area contributed by atoms with Gasteiger partial charge in [0.1, 0.15) is 0 Å². The highest BCUT2D eigenvalue weighted by molar-refractivity contribution is 6.31. The summed E-state index contributed by atoms with van der Waals surface area (Å²) < 4.78 is 0. The van der Waals surface area contributed by atoms with Crippen LogP contribution in [0.4, 0.5) is 11.4 Å². The van der Waals surface area contributed by atoms with E-state index in [-0.39, 0.29) is 24.6 Å². The molecule has 0 saturated carbocycles. The van der Waals surface area contributed by atoms with Gasteiger partial charge in [0.05, 0.1) is 18.7 Å². The lowest BCUT2D eigenvalue weighted by Crippen LogP contribution is -2.36. The van der Waals surface area contributed by atoms with Gasteiger partial charge in [-0.25, -0.2) is 0 Å². The molecule has 0 aliphatic rings. The Morgan fingerprint density at radius 2 is 1.61 bits per heavy atom. The van der Waals surface area contributed by atoms with Crippen LogP contribution in [-0.4, -0.2) is 30.8 Å². The molecule has 0 aromatic heterocycles. The molecular weight excluding hydrogens is 380 g/mol. The number of hydrogen-bond acceptors (Lipinski definition) is 4. The lowest BCUT2D eigenvalue weighted by atomic mass is 10.1. The highest BCUT2D eigenvalue weighted by Crippen LogP contribution is 2.22. The molecule has 0 unspecified atom stereocenters. The van der Waals surface area contributed by atoms with Crippen LogP contribution in [0.1, 0.15) is 27.0 Å². The van der Waals surface area contributed by atoms with Crippen LogP contribution in [0.15, 0.2) is 30.3 Å². The Labute approximate surface area is 168 Å². The molecule has 2 rings (SSSR count). The number of carbonyl (C=O) groups is 3. The standard InChI is InChI=1S/C20H23ClN4O3/c1-11-6-12(2)19(13(3)7-11)25-18(27)10-24-17(26)9-23-16-5-4-14(21)8-15(16)20(22)28/h4-8,23H,9-10H2,1-3H3,(H2,22,28)(H,24,26)(H,25,27). The Morgan fingerprint density at radius 3 is 2.21 bits per heavy atom. The van der Waals surface area contributed by atoms with Crippen LogP contribution < -0.4 is 21.7 Å². The zero-order chi connectivity index (χ0) is 20.8. The molecule has 3 amide bonds. The maximum atomic E-state index is 12.1. The number of carbonyl (C=O) groups excluding carboxylic acids is 3. The fourth-order valence-electron chi connectivity index (χ4n) is 2.85. The molecule has 2 aromatic carbocycles. The van der Waals surface area contributed by atoms with Gasteiger partial charge in [-0.05, 0) is 50.1 Å². The van der Waals surface area contributed by atoms with Crippen LogP contribution in [-0.2, 0) is 9.59 Å². The van der Waals surface area contributed by atoms with E-state index in [1.165, 1.54) is 6.07 Å². The first-order valence-corrected chi connectivity index (χ1v) is 9.02. The van der Waals surface area contributed by atoms with Gasteiger partial charge >= 0.3 is 0 Å². The van der Waals surface area contributed by atoms with Crippen LogP contribution in [0.2, 0.25) is 5.02 Å². The Bertz CT molecular complexity index is 905. The van der Waals surface area contributed by atoms with Gasteiger partial charge in [-0.3, -0.25) is 14.4 Å². The Hall–Kier alpha value is -3.06. The predicted octanol–water partition coefficient (Wildman–Crippen LogP) is 2.53. The van der Waals surface area contributed by atoms with Crippen LogP contribution in [0, 0.1) is 20.8 Å². The van der Waals surface area contributed by atoms with Gasteiger partial charge in [-0.2, -0.15) is 0 Å². The number of aryl methyl sites for hydroxylation is 3. The first-order chi connectivity index (χ1) is 13.2. The van der Waals surface area contributed by atoms with Crippen molar-refractivity contribution in [3.05, 3.63) is 57.6 Å². The van der Waals surface area contributed by atoms with Crippen molar-refractivity contribution in [1.82, 2.24) is 5.32 Å². The average Bonchev–Trinajstić information content (AvgIpc) is 2.61. The van der Waals surface area contributed by atoms with E-state index >= 15 is 0 Å². The van der Waals surface area contributed by atoms with Crippen molar-refractivity contribution in [3.63, 3.8) is 0 Å². The second-order valence-corrected chi connectivity index (χ2v) is 6.94. The second-order valence-electron chi connectivity index (χ2n) is 6.51. The quantitative estimate of drug-likeness (QED) is 0.569. The number of halogens is 1. The van der Waals surface area contributed by atoms with E-state index in [1.54, 1.807) is 12.1 Å². The number of primary amides is 1. The zero-order valence-electron chi connectivity index (χ0n) is 16.0. The monoisotopic (exact) mass is 402 g/mol. The van der Waals surface area contributed by atoms with E-state index in [0.717, 1.165) is 22.4 Å². The zero-order valence-corrected chi connectivity index (χ0v) is 16.7. The summed E-state index contributed by atoms with van der Waals surface area (Å²) in [6.07, 6.45) is 0. The van der Waals surface area contributed by atoms with Gasteiger partial charge in [0, 0.05) is 16.4 Å². The molecule has 0 spiro atoms. The highest BCUT2D eigenvalue weighted by Gasteiger charge is 2.12. The van der Waals surface area contributed by atoms with E-state index in [9.17, 15) is 14.4 Å². The Balaban J connectivity index is 1.88. The number of rotatable bonds is 7. The van der Waals surface area contributed by atoms with Crippen molar-refractivity contribution in [3.8, 4) is 0 Å². The van der Waals surface area contributed by atoms with E-state index in [0.29, 0.717) is 10.7 Å². The molecule has 0 heterocycles. The SMILES string of the molecule is Cc1cc(C)c(NC(=O)CNC(=O)CNc2ccc(Cl)cc2C(N)=O)c(C)c1. The number of nitrogens with one attached hydrogen (secondary N) is 3. The number of nitrogens with two attached hydrogens (primary N) is 1. The van der Waals surface area contributed by atoms with Crippen LogP contribution >= 0.6 is 11.6 Å². The Kier molecular flexibility index (Phi) is 7.00. The summed E-state index contributed by atoms with van der Waals surface area (Å²) in [6.45, 7) is 5.53. The molecular formula is C20H23ClN4O3. The smallest absolute Gasteiger partial charge is 0.250 e. The van der Waals surface area contributed by atoms with Crippen molar-refractivity contribution in [2.45, 2.75) is 20.8 Å². The summed E-state index contributed by atoms with van der Waals surface area (Å²) in [7, 11) is 0. The minimum Gasteiger partial charge on any atom is -0.376 e. The summed E-state index contributed by atoms with van der Waals surface area (Å²) in [4.78, 5) is 35.6. The van der Waals surface area contributed by atoms with E-state index in [1.807, 2.05) is 32.9 Å². The van der Waals surface area contributed by atoms with Crippen LogP contribution in [0.25, 0.3) is 0 Å². The maximum absolute atomic E-state index is 12.1. The molecule has 0 saturated heterocycles. The molecule has 0 aliphatic heterocycles. The molecule has 0 radical (unpaired) electrons. The van der Waals surface area contributed by atoms with Gasteiger partial charge in [-0.15, -0.1) is 0 Å². The minimum absolute atomic E-state index is 0.127. The van der Waals surface area contributed by atoms with Crippen molar-refractivity contribution in [2.75, 3.05) is 23.7 Å². The molecule has 5 N–H and O–H groups in total. The third kappa shape index (κ3) is 5.72. The van der Waals surface area contributed by atoms with E-state index < -0.39 is 11.8 Å². The maximum Gasteiger partial charge on any atom is 0.250 e. The van der Waals surface area contributed by atoms with Crippen molar-refractivity contribution < 1.29 is 14.4 Å². The topological polar surface area (TPSA) is 113 Å². The Morgan fingerprint density at radius 1 is 0.964 bits per heavy atom. The summed E-state index contributed by atoms with van der Waals surface area (Å²) in [6, 6.07) is 8.52. The number of benzene rings is 2. The molecule has 8 heteroatoms. The first kappa shape index (κ1) is 21.2. The van der Waals surface area contributed by atoms with Gasteiger partial charge in [0.25, 0.3) is 5.91 Å². The van der Waals surface area contributed by atoms with Crippen LogP contribution in [0.3, 0.4) is 0 Å². The molecule has 0 fully saturated rings. The molecule has 28 heavy (non-hydrogen) atoms. The van der Waals surface area contributed by atoms with Gasteiger partial charge in [0.15, 0.2) is 0 Å². The normalized spacial score (nSPS) is 10.3. The average molecular weight is 403 g/mol. The lowest BCUT2D eigenvalue weighted by Gasteiger charge is -2.14. The molecule has 0 aliphatic carbocycles. The molecule has 7 nitrogen and oxygen atoms in total. The second kappa shape index (κ2) is 9.23. The van der Waals surface area contributed by atoms with Gasteiger partial charge in [-0.1, -0.05) is 29.3 Å². The molecule has 148 valence electrons. The van der Waals surface area contributed by atoms with Crippen molar-refractivity contribution in [1.29, 1.82) is 0 Å². The molecule has 0 atom stereocenters. The predicted molar refractivity (Wildman–Crippen MR) is 111 cm³/mol. The number of amides is 3. The lowest BCUT2D eigenvalue weighted by molar-refractivity contribution is -0.122. The molecule has 0 bridgehead atoms. The fourth-order valence-corrected chi connectivity index (χ4v) is 3.02. The largest absolute Gasteiger partial charge is 0.376 e. The van der Waals surface area contributed by atoms with Gasteiger partial charge in [0.2, 0.25) is 11.8 Å². The summed E-state index contributed by atoms with van der Waals surface area (Å²) in [5.41, 5.74) is 9.66.